The van der Waals surface area contributed by atoms with E-state index in [1.165, 1.54) is 18.7 Å². The van der Waals surface area contributed by atoms with Crippen molar-refractivity contribution >= 4 is 34.3 Å². The maximum atomic E-state index is 9.64. The van der Waals surface area contributed by atoms with Crippen LogP contribution in [0.2, 0.25) is 5.02 Å². The van der Waals surface area contributed by atoms with Crippen LogP contribution in [0.3, 0.4) is 0 Å². The van der Waals surface area contributed by atoms with Crippen LogP contribution in [-0.2, 0) is 0 Å². The van der Waals surface area contributed by atoms with Crippen LogP contribution < -0.4 is 0 Å². The number of hydrogen-bond acceptors (Lipinski definition) is 7. The van der Waals surface area contributed by atoms with Crippen LogP contribution in [-0.4, -0.2) is 30.1 Å². The summed E-state index contributed by atoms with van der Waals surface area (Å²) in [4.78, 5) is 14.7. The molecular weight excluding hydrogens is 284 g/mol. The molecule has 0 bridgehead atoms. The SMILES string of the molecule is Oc1cc(O)c(N=Nc2ncnc3nc[nH]c23)cc1Cl. The number of aromatic amines is 1. The van der Waals surface area contributed by atoms with E-state index in [2.05, 4.69) is 30.2 Å². The number of hydrogen-bond donors (Lipinski definition) is 3. The van der Waals surface area contributed by atoms with Crippen LogP contribution >= 0.6 is 11.6 Å². The molecule has 9 heteroatoms. The molecular formula is C11H7ClN6O2. The maximum absolute atomic E-state index is 9.64. The predicted octanol–water partition coefficient (Wildman–Crippen LogP) is 2.83. The van der Waals surface area contributed by atoms with Crippen LogP contribution in [0.5, 0.6) is 11.5 Å². The summed E-state index contributed by atoms with van der Waals surface area (Å²) >= 11 is 5.74. The first-order chi connectivity index (χ1) is 9.65. The Morgan fingerprint density at radius 1 is 1.05 bits per heavy atom. The van der Waals surface area contributed by atoms with E-state index in [9.17, 15) is 10.2 Å². The minimum atomic E-state index is -0.245. The molecule has 2 heterocycles. The summed E-state index contributed by atoms with van der Waals surface area (Å²) in [5, 5.41) is 26.8. The number of H-pyrrole nitrogens is 1. The number of imidazole rings is 1. The molecule has 0 radical (unpaired) electrons. The lowest BCUT2D eigenvalue weighted by Gasteiger charge is -2.00. The first kappa shape index (κ1) is 12.3. The van der Waals surface area contributed by atoms with Gasteiger partial charge < -0.3 is 15.2 Å². The summed E-state index contributed by atoms with van der Waals surface area (Å²) in [7, 11) is 0. The monoisotopic (exact) mass is 290 g/mol. The van der Waals surface area contributed by atoms with E-state index >= 15 is 0 Å². The van der Waals surface area contributed by atoms with Gasteiger partial charge in [0.1, 0.15) is 29.0 Å². The lowest BCUT2D eigenvalue weighted by molar-refractivity contribution is 0.451. The Bertz CT molecular complexity index is 816. The molecule has 2 aromatic heterocycles. The zero-order chi connectivity index (χ0) is 14.1. The molecule has 0 atom stereocenters. The lowest BCUT2D eigenvalue weighted by Crippen LogP contribution is -1.81. The van der Waals surface area contributed by atoms with Gasteiger partial charge in [-0.2, -0.15) is 0 Å². The quantitative estimate of drug-likeness (QED) is 0.627. The highest BCUT2D eigenvalue weighted by atomic mass is 35.5. The van der Waals surface area contributed by atoms with E-state index in [1.54, 1.807) is 0 Å². The van der Waals surface area contributed by atoms with Crippen LogP contribution in [0.25, 0.3) is 11.2 Å². The standard InChI is InChI=1S/C11H7ClN6O2/c12-5-1-6(8(20)2-7(5)19)17-18-11-9-10(14-3-13-9)15-4-16-11/h1-4,19-20H,(H,13,14,15,16). The third kappa shape index (κ3) is 2.12. The fraction of sp³-hybridized carbons (Fsp3) is 0. The van der Waals surface area contributed by atoms with Gasteiger partial charge in [-0.25, -0.2) is 15.0 Å². The summed E-state index contributed by atoms with van der Waals surface area (Å²) in [5.41, 5.74) is 1.10. The van der Waals surface area contributed by atoms with E-state index in [0.29, 0.717) is 11.2 Å². The zero-order valence-electron chi connectivity index (χ0n) is 9.82. The number of aromatic hydroxyl groups is 2. The van der Waals surface area contributed by atoms with Gasteiger partial charge in [0, 0.05) is 6.07 Å². The van der Waals surface area contributed by atoms with Gasteiger partial charge in [0.05, 0.1) is 11.3 Å². The van der Waals surface area contributed by atoms with E-state index in [4.69, 9.17) is 11.6 Å². The molecule has 0 saturated heterocycles. The highest BCUT2D eigenvalue weighted by Crippen LogP contribution is 2.37. The number of aromatic nitrogens is 4. The molecule has 100 valence electrons. The molecule has 3 rings (SSSR count). The zero-order valence-corrected chi connectivity index (χ0v) is 10.6. The Balaban J connectivity index is 2.02. The highest BCUT2D eigenvalue weighted by Gasteiger charge is 2.08. The molecule has 8 nitrogen and oxygen atoms in total. The molecule has 20 heavy (non-hydrogen) atoms. The van der Waals surface area contributed by atoms with Crippen molar-refractivity contribution in [1.82, 2.24) is 19.9 Å². The largest absolute Gasteiger partial charge is 0.506 e. The molecule has 0 spiro atoms. The number of rotatable bonds is 2. The number of halogens is 1. The molecule has 0 unspecified atom stereocenters. The van der Waals surface area contributed by atoms with Crippen molar-refractivity contribution in [3.63, 3.8) is 0 Å². The maximum Gasteiger partial charge on any atom is 0.203 e. The fourth-order valence-corrected chi connectivity index (χ4v) is 1.71. The van der Waals surface area contributed by atoms with Crippen molar-refractivity contribution in [3.8, 4) is 11.5 Å². The van der Waals surface area contributed by atoms with E-state index in [1.807, 2.05) is 0 Å². The topological polar surface area (TPSA) is 120 Å². The summed E-state index contributed by atoms with van der Waals surface area (Å²) in [6, 6.07) is 2.38. The minimum absolute atomic E-state index is 0.0612. The molecule has 0 amide bonds. The Labute approximate surface area is 116 Å². The third-order valence-electron chi connectivity index (χ3n) is 2.50. The molecule has 0 fully saturated rings. The number of fused-ring (bicyclic) bond motifs is 1. The van der Waals surface area contributed by atoms with Gasteiger partial charge in [-0.3, -0.25) is 0 Å². The average Bonchev–Trinajstić information content (AvgIpc) is 2.90. The summed E-state index contributed by atoms with van der Waals surface area (Å²) in [6.07, 6.45) is 2.77. The van der Waals surface area contributed by atoms with E-state index in [0.717, 1.165) is 6.07 Å². The number of benzene rings is 1. The number of phenolic OH excluding ortho intramolecular Hbond substituents is 2. The Morgan fingerprint density at radius 2 is 1.90 bits per heavy atom. The number of nitrogens with zero attached hydrogens (tertiary/aromatic N) is 5. The Kier molecular flexibility index (Phi) is 2.92. The van der Waals surface area contributed by atoms with E-state index < -0.39 is 0 Å². The molecule has 0 aliphatic heterocycles. The van der Waals surface area contributed by atoms with Crippen molar-refractivity contribution in [2.24, 2.45) is 10.2 Å². The Morgan fingerprint density at radius 3 is 2.75 bits per heavy atom. The molecule has 0 saturated carbocycles. The van der Waals surface area contributed by atoms with Crippen LogP contribution in [0.4, 0.5) is 11.5 Å². The van der Waals surface area contributed by atoms with Gasteiger partial charge >= 0.3 is 0 Å². The minimum Gasteiger partial charge on any atom is -0.506 e. The third-order valence-corrected chi connectivity index (χ3v) is 2.80. The van der Waals surface area contributed by atoms with Crippen molar-refractivity contribution in [3.05, 3.63) is 29.8 Å². The van der Waals surface area contributed by atoms with Gasteiger partial charge in [-0.15, -0.1) is 10.2 Å². The van der Waals surface area contributed by atoms with Gasteiger partial charge in [0.2, 0.25) is 5.82 Å². The fourth-order valence-electron chi connectivity index (χ4n) is 1.55. The predicted molar refractivity (Wildman–Crippen MR) is 70.6 cm³/mol. The molecule has 0 aliphatic carbocycles. The van der Waals surface area contributed by atoms with Crippen LogP contribution in [0, 0.1) is 0 Å². The second-order valence-electron chi connectivity index (χ2n) is 3.79. The Hall–Kier alpha value is -2.74. The first-order valence-corrected chi connectivity index (χ1v) is 5.80. The number of azo groups is 1. The van der Waals surface area contributed by atoms with Gasteiger partial charge in [-0.05, 0) is 6.07 Å². The van der Waals surface area contributed by atoms with Crippen molar-refractivity contribution < 1.29 is 10.2 Å². The van der Waals surface area contributed by atoms with Crippen LogP contribution in [0.15, 0.2) is 35.0 Å². The van der Waals surface area contributed by atoms with Crippen molar-refractivity contribution in [1.29, 1.82) is 0 Å². The summed E-state index contributed by atoms with van der Waals surface area (Å²) in [6.45, 7) is 0. The lowest BCUT2D eigenvalue weighted by atomic mass is 10.3. The van der Waals surface area contributed by atoms with Gasteiger partial charge in [-0.1, -0.05) is 11.6 Å². The molecule has 3 N–H and O–H groups in total. The normalized spacial score (nSPS) is 11.4. The molecule has 1 aromatic carbocycles. The summed E-state index contributed by atoms with van der Waals surface area (Å²) < 4.78 is 0. The van der Waals surface area contributed by atoms with Crippen molar-refractivity contribution in [2.75, 3.05) is 0 Å². The molecule has 3 aromatic rings. The second kappa shape index (κ2) is 4.74. The van der Waals surface area contributed by atoms with E-state index in [-0.39, 0.29) is 28.0 Å². The highest BCUT2D eigenvalue weighted by molar-refractivity contribution is 6.32. The van der Waals surface area contributed by atoms with Gasteiger partial charge in [0.25, 0.3) is 0 Å². The molecule has 0 aliphatic rings. The summed E-state index contributed by atoms with van der Waals surface area (Å²) in [5.74, 6) is -0.206. The first-order valence-electron chi connectivity index (χ1n) is 5.42. The smallest absolute Gasteiger partial charge is 0.203 e. The van der Waals surface area contributed by atoms with Crippen LogP contribution in [0.1, 0.15) is 0 Å². The second-order valence-corrected chi connectivity index (χ2v) is 4.20. The number of phenols is 2. The van der Waals surface area contributed by atoms with Crippen molar-refractivity contribution in [2.45, 2.75) is 0 Å². The van der Waals surface area contributed by atoms with Gasteiger partial charge in [0.15, 0.2) is 5.65 Å². The average molecular weight is 291 g/mol. The number of nitrogens with one attached hydrogen (secondary N) is 1.